The van der Waals surface area contributed by atoms with E-state index in [1.807, 2.05) is 25.1 Å². The van der Waals surface area contributed by atoms with Crippen LogP contribution in [0, 0.1) is 6.92 Å². The molecule has 17 heavy (non-hydrogen) atoms. The van der Waals surface area contributed by atoms with E-state index in [0.29, 0.717) is 21.8 Å². The molecule has 0 unspecified atom stereocenters. The van der Waals surface area contributed by atoms with E-state index in [9.17, 15) is 4.79 Å². The van der Waals surface area contributed by atoms with Crippen molar-refractivity contribution in [2.75, 3.05) is 5.73 Å². The summed E-state index contributed by atoms with van der Waals surface area (Å²) in [5.41, 5.74) is 8.29. The standard InChI is InChI=1S/C14H12ClNO/c1-9-7-11(15)8-12(13(9)16)14(17)10-5-3-2-4-6-10/h2-8H,16H2,1H3. The molecule has 0 saturated carbocycles. The summed E-state index contributed by atoms with van der Waals surface area (Å²) in [6.45, 7) is 1.84. The molecule has 86 valence electrons. The molecule has 0 heterocycles. The molecule has 2 aromatic rings. The Labute approximate surface area is 105 Å². The highest BCUT2D eigenvalue weighted by atomic mass is 35.5. The van der Waals surface area contributed by atoms with Crippen LogP contribution in [0.4, 0.5) is 5.69 Å². The Bertz CT molecular complexity index is 564. The largest absolute Gasteiger partial charge is 0.398 e. The molecule has 0 aliphatic rings. The van der Waals surface area contributed by atoms with Gasteiger partial charge in [0.2, 0.25) is 0 Å². The van der Waals surface area contributed by atoms with Gasteiger partial charge in [0.25, 0.3) is 0 Å². The minimum Gasteiger partial charge on any atom is -0.398 e. The lowest BCUT2D eigenvalue weighted by Gasteiger charge is -2.08. The number of carbonyl (C=O) groups excluding carboxylic acids is 1. The van der Waals surface area contributed by atoms with Gasteiger partial charge < -0.3 is 5.73 Å². The molecule has 0 radical (unpaired) electrons. The van der Waals surface area contributed by atoms with Crippen molar-refractivity contribution in [2.24, 2.45) is 0 Å². The molecule has 0 aromatic heterocycles. The van der Waals surface area contributed by atoms with Crippen LogP contribution >= 0.6 is 11.6 Å². The minimum atomic E-state index is -0.103. The second kappa shape index (κ2) is 4.60. The van der Waals surface area contributed by atoms with Crippen LogP contribution in [0.2, 0.25) is 5.02 Å². The molecule has 0 aliphatic carbocycles. The topological polar surface area (TPSA) is 43.1 Å². The van der Waals surface area contributed by atoms with Gasteiger partial charge in [0, 0.05) is 21.8 Å². The number of ketones is 1. The summed E-state index contributed by atoms with van der Waals surface area (Å²) in [4.78, 5) is 12.2. The molecule has 0 spiro atoms. The lowest BCUT2D eigenvalue weighted by Crippen LogP contribution is -2.06. The van der Waals surface area contributed by atoms with Gasteiger partial charge in [0.05, 0.1) is 0 Å². The molecule has 0 aliphatic heterocycles. The highest BCUT2D eigenvalue weighted by Gasteiger charge is 2.14. The molecule has 0 saturated heterocycles. The van der Waals surface area contributed by atoms with E-state index in [2.05, 4.69) is 0 Å². The number of anilines is 1. The van der Waals surface area contributed by atoms with Crippen molar-refractivity contribution in [1.29, 1.82) is 0 Å². The lowest BCUT2D eigenvalue weighted by molar-refractivity contribution is 0.103. The Balaban J connectivity index is 2.52. The predicted octanol–water partition coefficient (Wildman–Crippen LogP) is 3.46. The average Bonchev–Trinajstić information content (AvgIpc) is 2.34. The molecule has 2 aromatic carbocycles. The molecule has 0 bridgehead atoms. The average molecular weight is 246 g/mol. The Kier molecular flexibility index (Phi) is 3.16. The molecule has 3 heteroatoms. The molecule has 2 rings (SSSR count). The zero-order chi connectivity index (χ0) is 12.4. The van der Waals surface area contributed by atoms with E-state index in [-0.39, 0.29) is 5.78 Å². The summed E-state index contributed by atoms with van der Waals surface area (Å²) in [6.07, 6.45) is 0. The van der Waals surface area contributed by atoms with Crippen molar-refractivity contribution >= 4 is 23.1 Å². The van der Waals surface area contributed by atoms with E-state index in [1.54, 1.807) is 24.3 Å². The van der Waals surface area contributed by atoms with Crippen LogP contribution in [0.15, 0.2) is 42.5 Å². The van der Waals surface area contributed by atoms with Crippen LogP contribution in [0.3, 0.4) is 0 Å². The lowest BCUT2D eigenvalue weighted by atomic mass is 9.99. The third-order valence-corrected chi connectivity index (χ3v) is 2.85. The highest BCUT2D eigenvalue weighted by molar-refractivity contribution is 6.31. The van der Waals surface area contributed by atoms with Gasteiger partial charge in [-0.15, -0.1) is 0 Å². The Morgan fingerprint density at radius 2 is 1.82 bits per heavy atom. The fourth-order valence-corrected chi connectivity index (χ4v) is 1.96. The number of benzene rings is 2. The van der Waals surface area contributed by atoms with Gasteiger partial charge in [-0.3, -0.25) is 4.79 Å². The molecule has 0 atom stereocenters. The van der Waals surface area contributed by atoms with Crippen LogP contribution in [-0.2, 0) is 0 Å². The first-order chi connectivity index (χ1) is 8.09. The number of nitrogen functional groups attached to an aromatic ring is 1. The van der Waals surface area contributed by atoms with E-state index in [4.69, 9.17) is 17.3 Å². The van der Waals surface area contributed by atoms with Crippen molar-refractivity contribution < 1.29 is 4.79 Å². The summed E-state index contributed by atoms with van der Waals surface area (Å²) >= 11 is 5.95. The van der Waals surface area contributed by atoms with Crippen LogP contribution in [0.1, 0.15) is 21.5 Å². The molecule has 0 fully saturated rings. The molecular weight excluding hydrogens is 234 g/mol. The van der Waals surface area contributed by atoms with Gasteiger partial charge in [-0.2, -0.15) is 0 Å². The van der Waals surface area contributed by atoms with Crippen molar-refractivity contribution in [1.82, 2.24) is 0 Å². The Morgan fingerprint density at radius 3 is 2.47 bits per heavy atom. The maximum absolute atomic E-state index is 12.2. The second-order valence-corrected chi connectivity index (χ2v) is 4.32. The van der Waals surface area contributed by atoms with Crippen molar-refractivity contribution in [3.05, 3.63) is 64.2 Å². The van der Waals surface area contributed by atoms with Crippen LogP contribution < -0.4 is 5.73 Å². The minimum absolute atomic E-state index is 0.103. The number of carbonyl (C=O) groups is 1. The van der Waals surface area contributed by atoms with E-state index < -0.39 is 0 Å². The fourth-order valence-electron chi connectivity index (χ4n) is 1.69. The quantitative estimate of drug-likeness (QED) is 0.650. The third-order valence-electron chi connectivity index (χ3n) is 2.63. The first-order valence-electron chi connectivity index (χ1n) is 5.25. The van der Waals surface area contributed by atoms with E-state index in [1.165, 1.54) is 0 Å². The van der Waals surface area contributed by atoms with Crippen LogP contribution in [-0.4, -0.2) is 5.78 Å². The number of rotatable bonds is 2. The van der Waals surface area contributed by atoms with Crippen LogP contribution in [0.25, 0.3) is 0 Å². The van der Waals surface area contributed by atoms with Crippen molar-refractivity contribution in [3.8, 4) is 0 Å². The number of hydrogen-bond donors (Lipinski definition) is 1. The molecular formula is C14H12ClNO. The van der Waals surface area contributed by atoms with Crippen LogP contribution in [0.5, 0.6) is 0 Å². The van der Waals surface area contributed by atoms with Crippen molar-refractivity contribution in [2.45, 2.75) is 6.92 Å². The number of hydrogen-bond acceptors (Lipinski definition) is 2. The first-order valence-corrected chi connectivity index (χ1v) is 5.63. The van der Waals surface area contributed by atoms with Crippen molar-refractivity contribution in [3.63, 3.8) is 0 Å². The number of aryl methyl sites for hydroxylation is 1. The van der Waals surface area contributed by atoms with Gasteiger partial charge in [-0.25, -0.2) is 0 Å². The van der Waals surface area contributed by atoms with E-state index in [0.717, 1.165) is 5.56 Å². The molecule has 2 nitrogen and oxygen atoms in total. The maximum Gasteiger partial charge on any atom is 0.195 e. The smallest absolute Gasteiger partial charge is 0.195 e. The zero-order valence-corrected chi connectivity index (χ0v) is 10.2. The first kappa shape index (κ1) is 11.7. The SMILES string of the molecule is Cc1cc(Cl)cc(C(=O)c2ccccc2)c1N. The summed E-state index contributed by atoms with van der Waals surface area (Å²) in [5, 5.41) is 0.524. The van der Waals surface area contributed by atoms with Gasteiger partial charge in [0.15, 0.2) is 5.78 Å². The Morgan fingerprint density at radius 1 is 1.18 bits per heavy atom. The predicted molar refractivity (Wildman–Crippen MR) is 70.5 cm³/mol. The Hall–Kier alpha value is -1.80. The molecule has 0 amide bonds. The highest BCUT2D eigenvalue weighted by Crippen LogP contribution is 2.24. The normalized spacial score (nSPS) is 10.2. The number of halogens is 1. The maximum atomic E-state index is 12.2. The van der Waals surface area contributed by atoms with Gasteiger partial charge in [-0.05, 0) is 24.6 Å². The summed E-state index contributed by atoms with van der Waals surface area (Å²) in [6, 6.07) is 12.4. The fraction of sp³-hybridized carbons (Fsp3) is 0.0714. The summed E-state index contributed by atoms with van der Waals surface area (Å²) in [5.74, 6) is -0.103. The summed E-state index contributed by atoms with van der Waals surface area (Å²) < 4.78 is 0. The third kappa shape index (κ3) is 2.32. The number of nitrogens with two attached hydrogens (primary N) is 1. The van der Waals surface area contributed by atoms with Gasteiger partial charge in [-0.1, -0.05) is 41.9 Å². The second-order valence-electron chi connectivity index (χ2n) is 3.88. The molecule has 2 N–H and O–H groups in total. The monoisotopic (exact) mass is 245 g/mol. The summed E-state index contributed by atoms with van der Waals surface area (Å²) in [7, 11) is 0. The van der Waals surface area contributed by atoms with E-state index >= 15 is 0 Å². The zero-order valence-electron chi connectivity index (χ0n) is 9.41. The van der Waals surface area contributed by atoms with Gasteiger partial charge in [0.1, 0.15) is 0 Å². The van der Waals surface area contributed by atoms with Gasteiger partial charge >= 0.3 is 0 Å².